The third-order valence-electron chi connectivity index (χ3n) is 1.92. The maximum atomic E-state index is 10.4. The minimum atomic E-state index is -1.45. The summed E-state index contributed by atoms with van der Waals surface area (Å²) in [4.78, 5) is 10.4. The summed E-state index contributed by atoms with van der Waals surface area (Å²) in [5.41, 5.74) is 0. The molecule has 0 aliphatic carbocycles. The molecule has 0 aromatic rings. The van der Waals surface area contributed by atoms with Crippen molar-refractivity contribution < 1.29 is 24.9 Å². The number of aldehydes is 1. The van der Waals surface area contributed by atoms with E-state index in [4.69, 9.17) is 5.11 Å². The zero-order valence-electron chi connectivity index (χ0n) is 6.50. The van der Waals surface area contributed by atoms with Crippen molar-refractivity contribution >= 4 is 29.2 Å². The zero-order valence-corrected chi connectivity index (χ0v) is 8.66. The van der Waals surface area contributed by atoms with Gasteiger partial charge in [-0.1, -0.05) is 0 Å². The number of aliphatic hydroxyl groups is 3. The summed E-state index contributed by atoms with van der Waals surface area (Å²) in [6.07, 6.45) is -4.58. The molecular formula is C6H10INO5. The van der Waals surface area contributed by atoms with E-state index >= 15 is 0 Å². The molecule has 1 aliphatic heterocycles. The van der Waals surface area contributed by atoms with E-state index in [2.05, 4.69) is 8.27 Å². The summed E-state index contributed by atoms with van der Waals surface area (Å²) >= 11 is 1.72. The van der Waals surface area contributed by atoms with E-state index in [1.807, 2.05) is 0 Å². The lowest BCUT2D eigenvalue weighted by molar-refractivity contribution is -0.244. The summed E-state index contributed by atoms with van der Waals surface area (Å²) in [5, 5.41) is 27.8. The van der Waals surface area contributed by atoms with Crippen LogP contribution in [0, 0.1) is 0 Å². The van der Waals surface area contributed by atoms with Gasteiger partial charge in [0.05, 0.1) is 6.04 Å². The van der Waals surface area contributed by atoms with Gasteiger partial charge in [0.25, 0.3) is 0 Å². The van der Waals surface area contributed by atoms with Gasteiger partial charge in [-0.15, -0.1) is 0 Å². The second-order valence-electron chi connectivity index (χ2n) is 2.74. The standard InChI is InChI=1S/C6H10INO5/c7-8-3-4(10)2(1-9)13-6(12)5(3)11/h1-6,8,10-12H. The Morgan fingerprint density at radius 3 is 2.38 bits per heavy atom. The van der Waals surface area contributed by atoms with Gasteiger partial charge in [-0.25, -0.2) is 0 Å². The maximum Gasteiger partial charge on any atom is 0.183 e. The highest BCUT2D eigenvalue weighted by Crippen LogP contribution is 2.19. The first kappa shape index (κ1) is 11.3. The lowest BCUT2D eigenvalue weighted by Crippen LogP contribution is -2.61. The molecule has 76 valence electrons. The van der Waals surface area contributed by atoms with E-state index in [1.165, 1.54) is 0 Å². The molecule has 13 heavy (non-hydrogen) atoms. The smallest absolute Gasteiger partial charge is 0.183 e. The van der Waals surface area contributed by atoms with Crippen LogP contribution in [0.15, 0.2) is 0 Å². The monoisotopic (exact) mass is 303 g/mol. The quantitative estimate of drug-likeness (QED) is 0.266. The van der Waals surface area contributed by atoms with Crippen molar-refractivity contribution in [1.29, 1.82) is 0 Å². The Labute approximate surface area is 88.4 Å². The molecule has 0 saturated carbocycles. The van der Waals surface area contributed by atoms with Crippen LogP contribution in [-0.2, 0) is 9.53 Å². The van der Waals surface area contributed by atoms with Crippen LogP contribution in [0.1, 0.15) is 0 Å². The van der Waals surface area contributed by atoms with Crippen LogP contribution in [0.5, 0.6) is 0 Å². The van der Waals surface area contributed by atoms with Crippen molar-refractivity contribution in [2.24, 2.45) is 0 Å². The lowest BCUT2D eigenvalue weighted by Gasteiger charge is -2.37. The molecule has 4 N–H and O–H groups in total. The van der Waals surface area contributed by atoms with Gasteiger partial charge in [0.15, 0.2) is 12.6 Å². The van der Waals surface area contributed by atoms with Crippen LogP contribution in [-0.4, -0.2) is 52.2 Å². The van der Waals surface area contributed by atoms with Gasteiger partial charge < -0.3 is 24.9 Å². The Hall–Kier alpha value is 0.200. The highest BCUT2D eigenvalue weighted by molar-refractivity contribution is 14.1. The third-order valence-corrected chi connectivity index (χ3v) is 2.64. The molecule has 1 heterocycles. The number of carbonyl (C=O) groups is 1. The predicted molar refractivity (Wildman–Crippen MR) is 49.9 cm³/mol. The molecule has 5 atom stereocenters. The van der Waals surface area contributed by atoms with Crippen molar-refractivity contribution in [2.75, 3.05) is 0 Å². The van der Waals surface area contributed by atoms with Crippen molar-refractivity contribution in [3.05, 3.63) is 0 Å². The molecule has 1 saturated heterocycles. The second-order valence-corrected chi connectivity index (χ2v) is 3.37. The van der Waals surface area contributed by atoms with Gasteiger partial charge in [0, 0.05) is 22.9 Å². The third kappa shape index (κ3) is 2.17. The van der Waals surface area contributed by atoms with Gasteiger partial charge >= 0.3 is 0 Å². The summed E-state index contributed by atoms with van der Waals surface area (Å²) < 4.78 is 7.21. The number of ether oxygens (including phenoxy) is 1. The largest absolute Gasteiger partial charge is 0.388 e. The van der Waals surface area contributed by atoms with E-state index in [0.717, 1.165) is 0 Å². The summed E-state index contributed by atoms with van der Waals surface area (Å²) in [6, 6.07) is -0.778. The maximum absolute atomic E-state index is 10.4. The molecule has 0 aromatic carbocycles. The number of halogens is 1. The Morgan fingerprint density at radius 2 is 1.92 bits per heavy atom. The van der Waals surface area contributed by atoms with Gasteiger partial charge in [0.2, 0.25) is 0 Å². The fraction of sp³-hybridized carbons (Fsp3) is 0.833. The summed E-state index contributed by atoms with van der Waals surface area (Å²) in [6.45, 7) is 0. The molecule has 1 rings (SSSR count). The molecular weight excluding hydrogens is 293 g/mol. The molecule has 0 aromatic heterocycles. The van der Waals surface area contributed by atoms with Crippen LogP contribution >= 0.6 is 22.9 Å². The molecule has 0 spiro atoms. The SMILES string of the molecule is O=CC1OC(O)C(O)C(NI)C1O. The molecule has 1 aliphatic rings. The minimum absolute atomic E-state index is 0.390. The first-order valence-electron chi connectivity index (χ1n) is 3.63. The Kier molecular flexibility index (Phi) is 4.01. The second kappa shape index (κ2) is 4.62. The highest BCUT2D eigenvalue weighted by Gasteiger charge is 2.43. The number of carbonyl (C=O) groups excluding carboxylic acids is 1. The highest BCUT2D eigenvalue weighted by atomic mass is 127. The Balaban J connectivity index is 2.74. The number of rotatable bonds is 2. The fourth-order valence-corrected chi connectivity index (χ4v) is 1.88. The first-order chi connectivity index (χ1) is 6.11. The normalized spacial score (nSPS) is 46.0. The number of aliphatic hydroxyl groups excluding tert-OH is 3. The molecule has 5 unspecified atom stereocenters. The van der Waals surface area contributed by atoms with Crippen LogP contribution in [0.3, 0.4) is 0 Å². The Morgan fingerprint density at radius 1 is 1.31 bits per heavy atom. The first-order valence-corrected chi connectivity index (χ1v) is 4.70. The number of hydrogen-bond acceptors (Lipinski definition) is 6. The minimum Gasteiger partial charge on any atom is -0.388 e. The van der Waals surface area contributed by atoms with Gasteiger partial charge in [-0.3, -0.25) is 3.53 Å². The fourth-order valence-electron chi connectivity index (χ4n) is 1.15. The molecule has 1 fully saturated rings. The van der Waals surface area contributed by atoms with Crippen molar-refractivity contribution in [1.82, 2.24) is 3.53 Å². The van der Waals surface area contributed by atoms with E-state index in [9.17, 15) is 15.0 Å². The van der Waals surface area contributed by atoms with Gasteiger partial charge in [0.1, 0.15) is 18.3 Å². The van der Waals surface area contributed by atoms with Crippen LogP contribution < -0.4 is 3.53 Å². The van der Waals surface area contributed by atoms with E-state index in [1.54, 1.807) is 22.9 Å². The predicted octanol–water partition coefficient (Wildman–Crippen LogP) is -2.07. The van der Waals surface area contributed by atoms with Crippen LogP contribution in [0.2, 0.25) is 0 Å². The Bertz CT molecular complexity index is 192. The molecule has 7 heteroatoms. The number of nitrogens with one attached hydrogen (secondary N) is 1. The molecule has 0 amide bonds. The van der Waals surface area contributed by atoms with Crippen LogP contribution in [0.4, 0.5) is 0 Å². The molecule has 0 radical (unpaired) electrons. The van der Waals surface area contributed by atoms with E-state index in [0.29, 0.717) is 6.29 Å². The summed E-state index contributed by atoms with van der Waals surface area (Å²) in [5.74, 6) is 0. The molecule has 0 bridgehead atoms. The lowest BCUT2D eigenvalue weighted by atomic mass is 9.98. The number of hydrogen-bond donors (Lipinski definition) is 4. The van der Waals surface area contributed by atoms with Crippen molar-refractivity contribution in [3.63, 3.8) is 0 Å². The summed E-state index contributed by atoms with van der Waals surface area (Å²) in [7, 11) is 0. The van der Waals surface area contributed by atoms with Gasteiger partial charge in [-0.2, -0.15) is 0 Å². The average Bonchev–Trinajstić information content (AvgIpc) is 2.12. The van der Waals surface area contributed by atoms with Crippen molar-refractivity contribution in [3.8, 4) is 0 Å². The zero-order chi connectivity index (χ0) is 10.0. The van der Waals surface area contributed by atoms with Crippen molar-refractivity contribution in [2.45, 2.75) is 30.6 Å². The van der Waals surface area contributed by atoms with E-state index in [-0.39, 0.29) is 0 Å². The van der Waals surface area contributed by atoms with E-state index < -0.39 is 30.6 Å². The topological polar surface area (TPSA) is 99.0 Å². The van der Waals surface area contributed by atoms with Crippen LogP contribution in [0.25, 0.3) is 0 Å². The average molecular weight is 303 g/mol. The van der Waals surface area contributed by atoms with Gasteiger partial charge in [-0.05, 0) is 0 Å². The molecule has 6 nitrogen and oxygen atoms in total.